The number of carbonyl (C=O) groups is 4. The van der Waals surface area contributed by atoms with Gasteiger partial charge in [-0.25, -0.2) is 19.2 Å². The fourth-order valence-electron chi connectivity index (χ4n) is 5.06. The van der Waals surface area contributed by atoms with Crippen LogP contribution in [0.5, 0.6) is 0 Å². The van der Waals surface area contributed by atoms with Crippen LogP contribution in [0.25, 0.3) is 0 Å². The van der Waals surface area contributed by atoms with Gasteiger partial charge in [0.25, 0.3) is 0 Å². The lowest BCUT2D eigenvalue weighted by Crippen LogP contribution is -2.63. The van der Waals surface area contributed by atoms with Crippen LogP contribution in [0.15, 0.2) is 121 Å². The van der Waals surface area contributed by atoms with Gasteiger partial charge in [0.05, 0.1) is 28.9 Å². The van der Waals surface area contributed by atoms with Crippen molar-refractivity contribution in [3.63, 3.8) is 0 Å². The summed E-state index contributed by atoms with van der Waals surface area (Å²) in [4.78, 5) is 54.5. The van der Waals surface area contributed by atoms with Crippen molar-refractivity contribution in [2.75, 3.05) is 6.61 Å². The highest BCUT2D eigenvalue weighted by molar-refractivity contribution is 6.74. The summed E-state index contributed by atoms with van der Waals surface area (Å²) >= 11 is 0. The normalized spacial score (nSPS) is 20.5. The summed E-state index contributed by atoms with van der Waals surface area (Å²) in [7, 11) is -2.44. The van der Waals surface area contributed by atoms with Gasteiger partial charge in [0.15, 0.2) is 20.5 Å². The van der Waals surface area contributed by atoms with E-state index in [4.69, 9.17) is 28.1 Å². The van der Waals surface area contributed by atoms with Gasteiger partial charge >= 0.3 is 23.9 Å². The van der Waals surface area contributed by atoms with Gasteiger partial charge in [-0.2, -0.15) is 0 Å². The van der Waals surface area contributed by atoms with Gasteiger partial charge in [-0.1, -0.05) is 93.6 Å². The zero-order chi connectivity index (χ0) is 36.6. The minimum Gasteiger partial charge on any atom is -0.452 e. The van der Waals surface area contributed by atoms with Gasteiger partial charge in [-0.15, -0.1) is 0 Å². The summed E-state index contributed by atoms with van der Waals surface area (Å²) in [6, 6.07) is 32.8. The molecule has 51 heavy (non-hydrogen) atoms. The lowest BCUT2D eigenvalue weighted by atomic mass is 9.97. The number of hydrogen-bond donors (Lipinski definition) is 0. The van der Waals surface area contributed by atoms with E-state index in [9.17, 15) is 19.2 Å². The third-order valence-electron chi connectivity index (χ3n) is 9.00. The van der Waals surface area contributed by atoms with E-state index in [1.54, 1.807) is 121 Å². The fourth-order valence-corrected chi connectivity index (χ4v) is 6.08. The summed E-state index contributed by atoms with van der Waals surface area (Å²) < 4.78 is 37.1. The first-order valence-electron chi connectivity index (χ1n) is 16.7. The van der Waals surface area contributed by atoms with E-state index in [1.165, 1.54) is 0 Å². The molecular formula is C40H42O10Si. The second-order valence-corrected chi connectivity index (χ2v) is 18.4. The van der Waals surface area contributed by atoms with Crippen LogP contribution in [0.4, 0.5) is 0 Å². The number of benzene rings is 4. The Hall–Kier alpha value is -5.10. The standard InChI is InChI=1S/C40H42O10Si/c1-40(2,3)51(4,5)45-26-31-32(47-35(41)27-18-10-6-11-19-27)33(48-36(42)28-20-12-7-13-21-28)34(49-37(43)29-22-14-8-15-23-29)39(46-31)50-38(44)30-24-16-9-17-25-30/h6-25,31-34,39H,26H2,1-5H3/t31?,32-,33+,34?,39-/m0/s1. The summed E-state index contributed by atoms with van der Waals surface area (Å²) in [5.74, 6) is -3.12. The van der Waals surface area contributed by atoms with Crippen LogP contribution in [-0.2, 0) is 28.1 Å². The van der Waals surface area contributed by atoms with Crippen molar-refractivity contribution < 1.29 is 47.3 Å². The number of ether oxygens (including phenoxy) is 5. The highest BCUT2D eigenvalue weighted by atomic mass is 28.4. The van der Waals surface area contributed by atoms with Crippen molar-refractivity contribution in [3.05, 3.63) is 144 Å². The summed E-state index contributed by atoms with van der Waals surface area (Å²) in [5, 5.41) is -0.204. The zero-order valence-corrected chi connectivity index (χ0v) is 30.2. The van der Waals surface area contributed by atoms with Crippen molar-refractivity contribution in [2.45, 2.75) is 69.6 Å². The quantitative estimate of drug-likeness (QED) is 0.0892. The monoisotopic (exact) mass is 710 g/mol. The van der Waals surface area contributed by atoms with Gasteiger partial charge in [0, 0.05) is 0 Å². The summed E-state index contributed by atoms with van der Waals surface area (Å²) in [6.07, 6.45) is -7.24. The lowest BCUT2D eigenvalue weighted by Gasteiger charge is -2.45. The second-order valence-electron chi connectivity index (χ2n) is 13.6. The maximum Gasteiger partial charge on any atom is 0.340 e. The van der Waals surface area contributed by atoms with E-state index in [-0.39, 0.29) is 33.9 Å². The van der Waals surface area contributed by atoms with Crippen molar-refractivity contribution in [2.24, 2.45) is 0 Å². The van der Waals surface area contributed by atoms with Crippen LogP contribution in [-0.4, -0.2) is 69.5 Å². The third kappa shape index (κ3) is 9.37. The predicted octanol–water partition coefficient (Wildman–Crippen LogP) is 7.27. The molecule has 0 aliphatic carbocycles. The van der Waals surface area contributed by atoms with Crippen LogP contribution >= 0.6 is 0 Å². The van der Waals surface area contributed by atoms with Crippen LogP contribution in [0.3, 0.4) is 0 Å². The van der Waals surface area contributed by atoms with Gasteiger partial charge in [0.2, 0.25) is 12.4 Å². The van der Waals surface area contributed by atoms with Crippen molar-refractivity contribution in [1.82, 2.24) is 0 Å². The van der Waals surface area contributed by atoms with E-state index in [1.807, 2.05) is 13.1 Å². The molecule has 1 fully saturated rings. The molecule has 10 nitrogen and oxygen atoms in total. The van der Waals surface area contributed by atoms with Gasteiger partial charge in [-0.05, 0) is 66.7 Å². The first kappa shape index (κ1) is 37.2. The Morgan fingerprint density at radius 3 is 1.24 bits per heavy atom. The molecular weight excluding hydrogens is 669 g/mol. The number of esters is 4. The molecule has 11 heteroatoms. The van der Waals surface area contributed by atoms with Crippen molar-refractivity contribution >= 4 is 32.2 Å². The Kier molecular flexibility index (Phi) is 11.9. The molecule has 266 valence electrons. The Bertz CT molecular complexity index is 1780. The molecule has 4 aromatic rings. The van der Waals surface area contributed by atoms with E-state index in [0.717, 1.165) is 0 Å². The van der Waals surface area contributed by atoms with Crippen LogP contribution in [0.2, 0.25) is 18.1 Å². The average molecular weight is 711 g/mol. The minimum absolute atomic E-state index is 0.124. The number of carbonyl (C=O) groups excluding carboxylic acids is 4. The molecule has 0 saturated carbocycles. The highest BCUT2D eigenvalue weighted by Gasteiger charge is 2.55. The molecule has 0 N–H and O–H groups in total. The molecule has 5 rings (SSSR count). The fraction of sp³-hybridized carbons (Fsp3) is 0.300. The largest absolute Gasteiger partial charge is 0.452 e. The Morgan fingerprint density at radius 2 is 0.863 bits per heavy atom. The highest BCUT2D eigenvalue weighted by Crippen LogP contribution is 2.38. The molecule has 2 unspecified atom stereocenters. The second kappa shape index (κ2) is 16.3. The molecule has 4 aromatic carbocycles. The number of hydrogen-bond acceptors (Lipinski definition) is 10. The molecule has 1 aliphatic rings. The molecule has 5 atom stereocenters. The van der Waals surface area contributed by atoms with E-state index >= 15 is 0 Å². The third-order valence-corrected chi connectivity index (χ3v) is 13.5. The smallest absolute Gasteiger partial charge is 0.340 e. The van der Waals surface area contributed by atoms with Crippen molar-refractivity contribution in [3.8, 4) is 0 Å². The Labute approximate surface area is 298 Å². The van der Waals surface area contributed by atoms with Gasteiger partial charge in [-0.3, -0.25) is 0 Å². The molecule has 1 saturated heterocycles. The topological polar surface area (TPSA) is 124 Å². The lowest BCUT2D eigenvalue weighted by molar-refractivity contribution is -0.282. The maximum absolute atomic E-state index is 13.7. The zero-order valence-electron chi connectivity index (χ0n) is 29.2. The van der Waals surface area contributed by atoms with E-state index < -0.39 is 62.9 Å². The van der Waals surface area contributed by atoms with Crippen LogP contribution in [0, 0.1) is 0 Å². The number of rotatable bonds is 11. The molecule has 1 aliphatic heterocycles. The van der Waals surface area contributed by atoms with Crippen LogP contribution in [0.1, 0.15) is 62.2 Å². The van der Waals surface area contributed by atoms with E-state index in [2.05, 4.69) is 20.8 Å². The SMILES string of the molecule is CC(C)(C)[Si](C)(C)OCC1O[C@@H](OC(=O)c2ccccc2)C(OC(=O)c2ccccc2)[C@H](OC(=O)c2ccccc2)[C@H]1OC(=O)c1ccccc1. The summed E-state index contributed by atoms with van der Waals surface area (Å²) in [5.41, 5.74) is 0.807. The molecule has 0 bridgehead atoms. The summed E-state index contributed by atoms with van der Waals surface area (Å²) in [6.45, 7) is 10.2. The van der Waals surface area contributed by atoms with Crippen molar-refractivity contribution in [1.29, 1.82) is 0 Å². The molecule has 0 aromatic heterocycles. The van der Waals surface area contributed by atoms with Gasteiger partial charge < -0.3 is 28.1 Å². The first-order chi connectivity index (χ1) is 24.3. The minimum atomic E-state index is -2.44. The first-order valence-corrected chi connectivity index (χ1v) is 19.6. The van der Waals surface area contributed by atoms with Crippen LogP contribution < -0.4 is 0 Å². The molecule has 0 amide bonds. The predicted molar refractivity (Wildman–Crippen MR) is 191 cm³/mol. The Balaban J connectivity index is 1.60. The maximum atomic E-state index is 13.7. The molecule has 1 heterocycles. The molecule has 0 spiro atoms. The average Bonchev–Trinajstić information content (AvgIpc) is 3.13. The molecule has 0 radical (unpaired) electrons. The van der Waals surface area contributed by atoms with E-state index in [0.29, 0.717) is 0 Å². The Morgan fingerprint density at radius 1 is 0.529 bits per heavy atom. The van der Waals surface area contributed by atoms with Gasteiger partial charge in [0.1, 0.15) is 6.10 Å².